The molecule has 0 saturated carbocycles. The summed E-state index contributed by atoms with van der Waals surface area (Å²) in [5, 5.41) is 40.2. The fourth-order valence-corrected chi connectivity index (χ4v) is 7.66. The van der Waals surface area contributed by atoms with Gasteiger partial charge in [-0.2, -0.15) is 0 Å². The number of aliphatic hydroxyl groups is 2. The first-order chi connectivity index (χ1) is 37.5. The van der Waals surface area contributed by atoms with Crippen LogP contribution in [-0.4, -0.2) is 130 Å². The van der Waals surface area contributed by atoms with Crippen molar-refractivity contribution in [2.24, 2.45) is 0 Å². The van der Waals surface area contributed by atoms with Crippen molar-refractivity contribution in [3.05, 3.63) is 144 Å². The zero-order valence-corrected chi connectivity index (χ0v) is 43.6. The molecule has 8 amide bonds. The molecule has 1 aliphatic heterocycles. The molecule has 4 aromatic carbocycles. The van der Waals surface area contributed by atoms with E-state index in [0.29, 0.717) is 30.5 Å². The number of piperidine rings is 1. The van der Waals surface area contributed by atoms with Crippen molar-refractivity contribution in [2.75, 3.05) is 13.1 Å². The normalized spacial score (nSPS) is 15.7. The van der Waals surface area contributed by atoms with Crippen LogP contribution in [0, 0.1) is 0 Å². The lowest BCUT2D eigenvalue weighted by molar-refractivity contribution is -0.199. The van der Waals surface area contributed by atoms with E-state index in [-0.39, 0.29) is 52.2 Å². The molecule has 9 N–H and O–H groups in total. The zero-order valence-electron chi connectivity index (χ0n) is 43.6. The molecule has 0 aromatic heterocycles. The van der Waals surface area contributed by atoms with Crippen LogP contribution in [-0.2, 0) is 79.0 Å². The molecule has 1 aliphatic rings. The van der Waals surface area contributed by atoms with Gasteiger partial charge in [0.05, 0.1) is 6.10 Å². The van der Waals surface area contributed by atoms with Crippen LogP contribution >= 0.6 is 0 Å². The minimum Gasteiger partial charge on any atom is -0.459 e. The largest absolute Gasteiger partial charge is 0.459 e. The van der Waals surface area contributed by atoms with Gasteiger partial charge in [-0.15, -0.1) is 0 Å². The maximum atomic E-state index is 14.1. The van der Waals surface area contributed by atoms with Crippen molar-refractivity contribution in [1.29, 1.82) is 0 Å². The van der Waals surface area contributed by atoms with Crippen molar-refractivity contribution < 1.29 is 72.4 Å². The number of hydroxylamine groups is 2. The van der Waals surface area contributed by atoms with Crippen LogP contribution in [0.25, 0.3) is 0 Å². The molecule has 0 radical (unpaired) electrons. The molecular formula is C55H68N8O15. The zero-order chi connectivity index (χ0) is 56.4. The number of nitrogens with one attached hydrogen (secondary N) is 7. The Kier molecular flexibility index (Phi) is 24.5. The molecule has 8 atom stereocenters. The summed E-state index contributed by atoms with van der Waals surface area (Å²) in [6.45, 7) is 3.75. The van der Waals surface area contributed by atoms with Crippen molar-refractivity contribution in [3.8, 4) is 0 Å². The number of benzene rings is 4. The van der Waals surface area contributed by atoms with Gasteiger partial charge in [0.2, 0.25) is 29.5 Å². The maximum Gasteiger partial charge on any atom is 0.408 e. The van der Waals surface area contributed by atoms with E-state index in [1.807, 2.05) is 36.4 Å². The summed E-state index contributed by atoms with van der Waals surface area (Å²) in [6.07, 6.45) is -4.51. The van der Waals surface area contributed by atoms with Gasteiger partial charge in [-0.3, -0.25) is 33.6 Å². The Hall–Kier alpha value is -8.41. The molecule has 23 heteroatoms. The Labute approximate surface area is 451 Å². The Morgan fingerprint density at radius 2 is 1.03 bits per heavy atom. The molecule has 1 heterocycles. The number of hydrogen-bond acceptors (Lipinski definition) is 15. The van der Waals surface area contributed by atoms with Crippen LogP contribution in [0.5, 0.6) is 0 Å². The van der Waals surface area contributed by atoms with E-state index in [4.69, 9.17) is 19.0 Å². The fraction of sp³-hybridized carbons (Fsp3) is 0.400. The minimum absolute atomic E-state index is 0.0351. The Balaban J connectivity index is 1.22. The first kappa shape index (κ1) is 60.5. The van der Waals surface area contributed by atoms with Crippen LogP contribution in [0.2, 0.25) is 0 Å². The highest BCUT2D eigenvalue weighted by Gasteiger charge is 2.39. The quantitative estimate of drug-likeness (QED) is 0.0224. The average Bonchev–Trinajstić information content (AvgIpc) is 3.44. The van der Waals surface area contributed by atoms with Gasteiger partial charge in [0.25, 0.3) is 5.91 Å². The second-order valence-corrected chi connectivity index (χ2v) is 18.4. The van der Waals surface area contributed by atoms with E-state index >= 15 is 0 Å². The van der Waals surface area contributed by atoms with E-state index in [0.717, 1.165) is 11.1 Å². The standard InChI is InChI=1S/C55H68N8O15/c1-35(47(66)59-43-28-18-30-63(52(43)71)78-34-41-25-14-7-15-26-41)57-50(69)44(37(3)64)61-48(67)36(2)58-51(70)45(46(65)53(72)75-31-38-19-8-4-9-20-38)62-49(68)42(60-55(74)77-33-40-23-12-6-13-24-40)27-16-17-29-56-54(73)76-32-39-21-10-5-11-22-39/h4-15,19-26,35-37,42-46,64-65H,16-18,27-34H2,1-3H3,(H,56,73)(H,57,69)(H,58,70)(H,59,66)(H,60,74)(H,61,67)(H,62,68)/t35-,36-,37+,42-,43+,44+,45+,46+/m0/s1. The maximum absolute atomic E-state index is 14.1. The van der Waals surface area contributed by atoms with Gasteiger partial charge < -0.3 is 61.6 Å². The highest BCUT2D eigenvalue weighted by molar-refractivity contribution is 5.98. The summed E-state index contributed by atoms with van der Waals surface area (Å²) in [5.74, 6) is -7.00. The average molecular weight is 1080 g/mol. The van der Waals surface area contributed by atoms with Gasteiger partial charge in [-0.25, -0.2) is 19.4 Å². The van der Waals surface area contributed by atoms with Crippen molar-refractivity contribution >= 4 is 53.6 Å². The van der Waals surface area contributed by atoms with Gasteiger partial charge in [-0.1, -0.05) is 121 Å². The number of alkyl carbamates (subject to hydrolysis) is 2. The van der Waals surface area contributed by atoms with Crippen molar-refractivity contribution in [1.82, 2.24) is 42.3 Å². The number of aliphatic hydroxyl groups excluding tert-OH is 2. The van der Waals surface area contributed by atoms with Crippen LogP contribution in [0.15, 0.2) is 121 Å². The van der Waals surface area contributed by atoms with Crippen molar-refractivity contribution in [2.45, 2.75) is 128 Å². The van der Waals surface area contributed by atoms with E-state index in [9.17, 15) is 53.4 Å². The molecule has 0 spiro atoms. The third kappa shape index (κ3) is 20.3. The molecule has 418 valence electrons. The lowest BCUT2D eigenvalue weighted by Gasteiger charge is -2.32. The Morgan fingerprint density at radius 3 is 1.56 bits per heavy atom. The number of ether oxygens (including phenoxy) is 3. The summed E-state index contributed by atoms with van der Waals surface area (Å²) in [7, 11) is 0. The summed E-state index contributed by atoms with van der Waals surface area (Å²) in [4.78, 5) is 126. The monoisotopic (exact) mass is 1080 g/mol. The van der Waals surface area contributed by atoms with Gasteiger partial charge in [0, 0.05) is 13.1 Å². The van der Waals surface area contributed by atoms with Crippen molar-refractivity contribution in [3.63, 3.8) is 0 Å². The number of carbonyl (C=O) groups is 9. The predicted molar refractivity (Wildman–Crippen MR) is 279 cm³/mol. The number of esters is 1. The molecule has 0 aliphatic carbocycles. The molecule has 0 unspecified atom stereocenters. The van der Waals surface area contributed by atoms with Crippen LogP contribution in [0.3, 0.4) is 0 Å². The molecular weight excluding hydrogens is 1010 g/mol. The van der Waals surface area contributed by atoms with Gasteiger partial charge >= 0.3 is 18.2 Å². The second-order valence-electron chi connectivity index (χ2n) is 18.4. The number of carbonyl (C=O) groups excluding carboxylic acids is 9. The number of amides is 8. The Bertz CT molecular complexity index is 2600. The minimum atomic E-state index is -2.40. The summed E-state index contributed by atoms with van der Waals surface area (Å²) in [5.41, 5.74) is 2.77. The highest BCUT2D eigenvalue weighted by atomic mass is 16.7. The number of unbranched alkanes of at least 4 members (excludes halogenated alkanes) is 1. The fourth-order valence-electron chi connectivity index (χ4n) is 7.66. The SMILES string of the molecule is C[C@H](NC(=O)[C@H](NC(=O)[C@H](C)NC(=O)[C@H](NC(=O)[C@H](CCCCNC(=O)OCc1ccccc1)NC(=O)OCc1ccccc1)[C@@H](O)C(=O)OCc1ccccc1)[C@@H](C)O)C(=O)N[C@@H]1CCCN(OCc2ccccc2)C1=O. The van der Waals surface area contributed by atoms with Gasteiger partial charge in [0.15, 0.2) is 6.10 Å². The third-order valence-electron chi connectivity index (χ3n) is 12.1. The lowest BCUT2D eigenvalue weighted by Crippen LogP contribution is -2.63. The predicted octanol–water partition coefficient (Wildman–Crippen LogP) is 2.08. The number of nitrogens with zero attached hydrogens (tertiary/aromatic N) is 1. The van der Waals surface area contributed by atoms with Crippen LogP contribution in [0.4, 0.5) is 9.59 Å². The molecule has 1 saturated heterocycles. The summed E-state index contributed by atoms with van der Waals surface area (Å²) < 4.78 is 15.9. The smallest absolute Gasteiger partial charge is 0.408 e. The van der Waals surface area contributed by atoms with Crippen LogP contribution in [0.1, 0.15) is 75.1 Å². The third-order valence-corrected chi connectivity index (χ3v) is 12.1. The van der Waals surface area contributed by atoms with Crippen LogP contribution < -0.4 is 37.2 Å². The van der Waals surface area contributed by atoms with Gasteiger partial charge in [-0.05, 0) is 75.1 Å². The highest BCUT2D eigenvalue weighted by Crippen LogP contribution is 2.15. The first-order valence-corrected chi connectivity index (χ1v) is 25.5. The first-order valence-electron chi connectivity index (χ1n) is 25.5. The molecule has 0 bridgehead atoms. The summed E-state index contributed by atoms with van der Waals surface area (Å²) >= 11 is 0. The molecule has 23 nitrogen and oxygen atoms in total. The lowest BCUT2D eigenvalue weighted by atomic mass is 10.1. The van der Waals surface area contributed by atoms with E-state index in [1.165, 1.54) is 25.8 Å². The van der Waals surface area contributed by atoms with Gasteiger partial charge in [0.1, 0.15) is 62.7 Å². The molecule has 4 aromatic rings. The summed E-state index contributed by atoms with van der Waals surface area (Å²) in [6, 6.07) is 26.0. The molecule has 1 fully saturated rings. The number of rotatable bonds is 28. The van der Waals surface area contributed by atoms with E-state index in [2.05, 4.69) is 37.2 Å². The van der Waals surface area contributed by atoms with E-state index < -0.39 is 102 Å². The number of hydrogen-bond donors (Lipinski definition) is 9. The second kappa shape index (κ2) is 31.6. The topological polar surface area (TPSA) is 318 Å². The van der Waals surface area contributed by atoms with E-state index in [1.54, 1.807) is 84.9 Å². The molecule has 5 rings (SSSR count). The Morgan fingerprint density at radius 1 is 0.551 bits per heavy atom. The molecule has 78 heavy (non-hydrogen) atoms.